The first-order valence-electron chi connectivity index (χ1n) is 11.9. The molecule has 0 bridgehead atoms. The Morgan fingerprint density at radius 1 is 0.531 bits per heavy atom. The van der Waals surface area contributed by atoms with Gasteiger partial charge in [0.25, 0.3) is 0 Å². The molecule has 0 saturated carbocycles. The van der Waals surface area contributed by atoms with E-state index in [4.69, 9.17) is 0 Å². The topological polar surface area (TPSA) is 46.1 Å². The average Bonchev–Trinajstić information content (AvgIpc) is 2.66. The molecule has 0 aromatic heterocycles. The molecule has 0 amide bonds. The molecule has 0 N–H and O–H groups in total. The minimum absolute atomic E-state index is 0. The fourth-order valence-corrected chi connectivity index (χ4v) is 2.34. The maximum Gasteiger partial charge on any atom is 2.00 e. The second kappa shape index (κ2) is 50.6. The van der Waals surface area contributed by atoms with Gasteiger partial charge < -0.3 is 48.5 Å². The molecule has 0 aliphatic carbocycles. The average molecular weight is 663 g/mol. The summed E-state index contributed by atoms with van der Waals surface area (Å²) in [6.07, 6.45) is 23.9. The van der Waals surface area contributed by atoms with E-state index in [-0.39, 0.29) is 58.4 Å². The van der Waals surface area contributed by atoms with Crippen LogP contribution in [0.5, 0.6) is 0 Å². The summed E-state index contributed by atoms with van der Waals surface area (Å²) in [5, 5.41) is 0. The van der Waals surface area contributed by atoms with Crippen LogP contribution in [0.15, 0.2) is 0 Å². The van der Waals surface area contributed by atoms with Crippen molar-refractivity contribution in [2.24, 2.45) is 0 Å². The number of unbranched alkanes of at least 4 members (excludes halogenated alkanes) is 15. The van der Waals surface area contributed by atoms with Crippen LogP contribution in [0.1, 0.15) is 136 Å². The smallest absolute Gasteiger partial charge is 0.850 e. The van der Waals surface area contributed by atoms with Gasteiger partial charge in [-0.15, -0.1) is 0 Å². The van der Waals surface area contributed by atoms with E-state index in [1.807, 2.05) is 0 Å². The fourth-order valence-electron chi connectivity index (χ4n) is 2.34. The molecule has 0 spiro atoms. The molecule has 0 unspecified atom stereocenters. The molecule has 0 atom stereocenters. The minimum Gasteiger partial charge on any atom is -0.850 e. The van der Waals surface area contributed by atoms with E-state index in [0.29, 0.717) is 0 Å². The first-order chi connectivity index (χ1) is 13.7. The summed E-state index contributed by atoms with van der Waals surface area (Å²) in [6, 6.07) is 0. The molecule has 0 aromatic carbocycles. The quantitative estimate of drug-likeness (QED) is 0.0586. The van der Waals surface area contributed by atoms with E-state index >= 15 is 0 Å². The Morgan fingerprint density at radius 3 is 0.812 bits per heavy atom. The van der Waals surface area contributed by atoms with Gasteiger partial charge in [0.05, 0.1) is 0 Å². The van der Waals surface area contributed by atoms with Crippen LogP contribution in [0.2, 0.25) is 0 Å². The van der Waals surface area contributed by atoms with Gasteiger partial charge >= 0.3 is 58.4 Å². The molecule has 0 rings (SSSR count). The van der Waals surface area contributed by atoms with Crippen molar-refractivity contribution >= 4 is 29.7 Å². The monoisotopic (exact) mass is 658 g/mol. The van der Waals surface area contributed by atoms with Gasteiger partial charge in [-0.1, -0.05) is 117 Å². The van der Waals surface area contributed by atoms with E-state index in [2.05, 4.69) is 65.6 Å². The molecular weight excluding hydrogens is 612 g/mol. The minimum atomic E-state index is -3.72. The van der Waals surface area contributed by atoms with Crippen molar-refractivity contribution in [3.05, 3.63) is 20.8 Å². The maximum absolute atomic E-state index is 9.29. The van der Waals surface area contributed by atoms with Crippen molar-refractivity contribution in [3.63, 3.8) is 0 Å². The van der Waals surface area contributed by atoms with Crippen molar-refractivity contribution in [1.82, 2.24) is 0 Å². The van der Waals surface area contributed by atoms with Gasteiger partial charge in [-0.3, -0.25) is 0 Å². The number of hydrogen-bond acceptors (Lipinski definition) is 4. The zero-order valence-electron chi connectivity index (χ0n) is 22.1. The predicted octanol–water partition coefficient (Wildman–Crippen LogP) is 8.01. The molecule has 8 heteroatoms. The molecule has 0 aliphatic heterocycles. The van der Waals surface area contributed by atoms with Crippen LogP contribution < -0.4 is 9.79 Å². The third kappa shape index (κ3) is 105. The van der Waals surface area contributed by atoms with Gasteiger partial charge in [-0.25, -0.2) is 0 Å². The van der Waals surface area contributed by atoms with E-state index in [0.717, 1.165) is 19.3 Å². The van der Waals surface area contributed by atoms with Crippen molar-refractivity contribution in [1.29, 1.82) is 0 Å². The third-order valence-electron chi connectivity index (χ3n) is 4.06. The van der Waals surface area contributed by atoms with E-state index in [1.165, 1.54) is 96.3 Å². The van der Waals surface area contributed by atoms with Crippen LogP contribution >= 0.6 is 5.69 Å². The maximum atomic E-state index is 9.29. The van der Waals surface area contributed by atoms with Gasteiger partial charge in [0, 0.05) is 0 Å². The van der Waals surface area contributed by atoms with Gasteiger partial charge in [-0.05, 0) is 0 Å². The summed E-state index contributed by atoms with van der Waals surface area (Å²) >= 11 is 7.28. The van der Waals surface area contributed by atoms with E-state index in [9.17, 15) is 9.79 Å². The Labute approximate surface area is 253 Å². The first-order valence-corrected chi connectivity index (χ1v) is 15.5. The third-order valence-corrected chi connectivity index (χ3v) is 4.06. The number of rotatable bonds is 15. The van der Waals surface area contributed by atoms with Gasteiger partial charge in [0.2, 0.25) is 0 Å². The molecule has 2 nitrogen and oxygen atoms in total. The van der Waals surface area contributed by atoms with Crippen molar-refractivity contribution in [3.8, 4) is 0 Å². The normalized spacial score (nSPS) is 9.16. The molecule has 0 aromatic rings. The summed E-state index contributed by atoms with van der Waals surface area (Å²) in [5.41, 5.74) is -3.72. The van der Waals surface area contributed by atoms with E-state index < -0.39 is 5.69 Å². The van der Waals surface area contributed by atoms with E-state index in [1.54, 1.807) is 0 Å². The predicted molar refractivity (Wildman–Crippen MR) is 138 cm³/mol. The SMILES string of the molecule is [CH2-]CCCCCCC.[CH2-]CCCCCCC.[CH2-]CCCCCCC.[O-]P([O-])(=S)[S-].[Zn+2].[Zn+2].[Zn+2]. The molecule has 32 heavy (non-hydrogen) atoms. The van der Waals surface area contributed by atoms with Crippen molar-refractivity contribution in [2.45, 2.75) is 136 Å². The summed E-state index contributed by atoms with van der Waals surface area (Å²) in [4.78, 5) is 18.6. The molecule has 0 heterocycles. The largest absolute Gasteiger partial charge is 2.00 e. The Hall–Kier alpha value is 2.79. The van der Waals surface area contributed by atoms with Crippen molar-refractivity contribution in [2.75, 3.05) is 0 Å². The molecule has 0 fully saturated rings. The van der Waals surface area contributed by atoms with Crippen LogP contribution in [-0.2, 0) is 82.5 Å². The summed E-state index contributed by atoms with van der Waals surface area (Å²) in [7, 11) is 0. The fraction of sp³-hybridized carbons (Fsp3) is 0.875. The van der Waals surface area contributed by atoms with Crippen LogP contribution in [0.3, 0.4) is 0 Å². The first kappa shape index (κ1) is 51.4. The molecule has 182 valence electrons. The Morgan fingerprint density at radius 2 is 0.688 bits per heavy atom. The van der Waals surface area contributed by atoms with Crippen LogP contribution in [-0.4, -0.2) is 0 Å². The summed E-state index contributed by atoms with van der Waals surface area (Å²) in [5.74, 6) is 0. The second-order valence-electron chi connectivity index (χ2n) is 7.25. The number of hydrogen-bond donors (Lipinski definition) is 0. The second-order valence-corrected chi connectivity index (χ2v) is 11.7. The van der Waals surface area contributed by atoms with Crippen molar-refractivity contribution < 1.29 is 68.2 Å². The molecular formula is C24H51O2PS2Zn3. The zero-order valence-corrected chi connectivity index (χ0v) is 33.5. The van der Waals surface area contributed by atoms with Gasteiger partial charge in [0.1, 0.15) is 0 Å². The molecule has 0 radical (unpaired) electrons. The zero-order chi connectivity index (χ0) is 23.2. The Bertz CT molecular complexity index is 244. The Balaban J connectivity index is -0.0000000512. The molecule has 0 aliphatic rings. The van der Waals surface area contributed by atoms with Crippen LogP contribution in [0, 0.1) is 20.8 Å². The van der Waals surface area contributed by atoms with Crippen LogP contribution in [0.25, 0.3) is 0 Å². The summed E-state index contributed by atoms with van der Waals surface area (Å²) < 4.78 is 0. The Kier molecular flexibility index (Phi) is 81.4. The molecule has 0 saturated heterocycles. The van der Waals surface area contributed by atoms with Crippen LogP contribution in [0.4, 0.5) is 0 Å². The van der Waals surface area contributed by atoms with Gasteiger partial charge in [0.15, 0.2) is 0 Å². The standard InChI is InChI=1S/3C8H17.H3O2PS2.3Zn/c3*1-3-5-7-8-6-4-2;1-3(2,4)5;;;/h3*1,3-8H2,2H3;(H3,1,2,4,5);;;/q3*-1;;3*+2/p-3. The summed E-state index contributed by atoms with van der Waals surface area (Å²) in [6.45, 7) is 18.1. The van der Waals surface area contributed by atoms with Gasteiger partial charge in [-0.2, -0.15) is 31.1 Å².